The number of aliphatic imine (C=N–C) groups is 1. The van der Waals surface area contributed by atoms with Gasteiger partial charge in [0, 0.05) is 18.8 Å². The van der Waals surface area contributed by atoms with Crippen molar-refractivity contribution in [1.82, 2.24) is 4.90 Å². The normalized spacial score (nSPS) is 14.5. The molecule has 0 radical (unpaired) electrons. The first-order valence-corrected chi connectivity index (χ1v) is 8.41. The highest BCUT2D eigenvalue weighted by Gasteiger charge is 2.17. The highest BCUT2D eigenvalue weighted by molar-refractivity contribution is 8.13. The smallest absolute Gasteiger partial charge is 0.159 e. The molecule has 0 saturated heterocycles. The van der Waals surface area contributed by atoms with Gasteiger partial charge in [-0.25, -0.2) is 0 Å². The molecular formula is C17H20N2O2S. The van der Waals surface area contributed by atoms with Crippen LogP contribution in [0.4, 0.5) is 0 Å². The predicted octanol–water partition coefficient (Wildman–Crippen LogP) is 3.78. The Bertz CT molecular complexity index is 608. The van der Waals surface area contributed by atoms with Crippen LogP contribution in [0.1, 0.15) is 17.7 Å². The minimum Gasteiger partial charge on any atom is -0.497 e. The molecule has 0 atom stereocenters. The van der Waals surface area contributed by atoms with E-state index in [1.54, 1.807) is 13.4 Å². The van der Waals surface area contributed by atoms with Crippen molar-refractivity contribution < 1.29 is 9.15 Å². The zero-order valence-corrected chi connectivity index (χ0v) is 13.5. The van der Waals surface area contributed by atoms with E-state index in [0.29, 0.717) is 0 Å². The molecule has 0 unspecified atom stereocenters. The second-order valence-electron chi connectivity index (χ2n) is 5.15. The van der Waals surface area contributed by atoms with Crippen LogP contribution in [-0.4, -0.2) is 29.5 Å². The van der Waals surface area contributed by atoms with Crippen molar-refractivity contribution in [2.45, 2.75) is 19.5 Å². The van der Waals surface area contributed by atoms with Gasteiger partial charge in [-0.1, -0.05) is 23.9 Å². The average Bonchev–Trinajstić information content (AvgIpc) is 3.09. The number of amidine groups is 1. The molecule has 1 aliphatic rings. The van der Waals surface area contributed by atoms with Gasteiger partial charge in [0.15, 0.2) is 5.17 Å². The molecule has 1 aliphatic heterocycles. The number of ether oxygens (including phenoxy) is 1. The van der Waals surface area contributed by atoms with E-state index in [0.717, 1.165) is 48.5 Å². The summed E-state index contributed by atoms with van der Waals surface area (Å²) in [4.78, 5) is 6.96. The fourth-order valence-corrected chi connectivity index (χ4v) is 3.32. The van der Waals surface area contributed by atoms with Gasteiger partial charge in [0.25, 0.3) is 0 Å². The van der Waals surface area contributed by atoms with Crippen molar-refractivity contribution in [3.63, 3.8) is 0 Å². The fraction of sp³-hybridized carbons (Fsp3) is 0.353. The van der Waals surface area contributed by atoms with Crippen LogP contribution in [0.15, 0.2) is 52.1 Å². The third kappa shape index (κ3) is 3.85. The van der Waals surface area contributed by atoms with Gasteiger partial charge in [0.1, 0.15) is 11.5 Å². The highest BCUT2D eigenvalue weighted by Crippen LogP contribution is 2.21. The number of thioether (sulfide) groups is 1. The topological polar surface area (TPSA) is 38.0 Å². The van der Waals surface area contributed by atoms with Gasteiger partial charge in [0.05, 0.1) is 19.9 Å². The summed E-state index contributed by atoms with van der Waals surface area (Å²) in [5.74, 6) is 2.98. The standard InChI is InChI=1S/C17H20N2O2S/c1-20-15-7-5-14(6-8-15)12-19(13-16-4-2-10-21-16)17-18-9-3-11-22-17/h2,4-8,10H,3,9,11-13H2,1H3. The number of hydrogen-bond donors (Lipinski definition) is 0. The summed E-state index contributed by atoms with van der Waals surface area (Å²) in [6.45, 7) is 2.47. The van der Waals surface area contributed by atoms with Crippen LogP contribution >= 0.6 is 11.8 Å². The van der Waals surface area contributed by atoms with Gasteiger partial charge in [-0.3, -0.25) is 4.99 Å². The summed E-state index contributed by atoms with van der Waals surface area (Å²) in [6.07, 6.45) is 2.88. The molecule has 0 N–H and O–H groups in total. The second kappa shape index (κ2) is 7.40. The van der Waals surface area contributed by atoms with Gasteiger partial charge < -0.3 is 14.1 Å². The van der Waals surface area contributed by atoms with Crippen LogP contribution in [0.25, 0.3) is 0 Å². The molecule has 0 spiro atoms. The van der Waals surface area contributed by atoms with E-state index in [4.69, 9.17) is 9.15 Å². The molecule has 0 amide bonds. The molecule has 0 fully saturated rings. The molecule has 0 aliphatic carbocycles. The van der Waals surface area contributed by atoms with Gasteiger partial charge in [0.2, 0.25) is 0 Å². The van der Waals surface area contributed by atoms with Crippen LogP contribution in [0, 0.1) is 0 Å². The van der Waals surface area contributed by atoms with Crippen LogP contribution in [0.3, 0.4) is 0 Å². The number of methoxy groups -OCH3 is 1. The van der Waals surface area contributed by atoms with Crippen LogP contribution in [-0.2, 0) is 13.1 Å². The van der Waals surface area contributed by atoms with Gasteiger partial charge in [-0.2, -0.15) is 0 Å². The second-order valence-corrected chi connectivity index (χ2v) is 6.21. The third-order valence-corrected chi connectivity index (χ3v) is 4.65. The summed E-state index contributed by atoms with van der Waals surface area (Å²) in [5.41, 5.74) is 1.24. The van der Waals surface area contributed by atoms with Crippen LogP contribution in [0.2, 0.25) is 0 Å². The van der Waals surface area contributed by atoms with Gasteiger partial charge >= 0.3 is 0 Å². The highest BCUT2D eigenvalue weighted by atomic mass is 32.2. The molecular weight excluding hydrogens is 296 g/mol. The predicted molar refractivity (Wildman–Crippen MR) is 90.3 cm³/mol. The molecule has 5 heteroatoms. The lowest BCUT2D eigenvalue weighted by Gasteiger charge is -2.27. The van der Waals surface area contributed by atoms with E-state index in [2.05, 4.69) is 22.0 Å². The molecule has 22 heavy (non-hydrogen) atoms. The van der Waals surface area contributed by atoms with Crippen molar-refractivity contribution in [3.05, 3.63) is 54.0 Å². The largest absolute Gasteiger partial charge is 0.497 e. The molecule has 116 valence electrons. The molecule has 1 aromatic heterocycles. The van der Waals surface area contributed by atoms with Crippen LogP contribution < -0.4 is 4.74 Å². The SMILES string of the molecule is COc1ccc(CN(Cc2ccco2)C2=NCCCS2)cc1. The zero-order valence-electron chi connectivity index (χ0n) is 12.7. The van der Waals surface area contributed by atoms with Crippen molar-refractivity contribution in [3.8, 4) is 5.75 Å². The Morgan fingerprint density at radius 3 is 2.73 bits per heavy atom. The van der Waals surface area contributed by atoms with Crippen molar-refractivity contribution in [2.75, 3.05) is 19.4 Å². The number of hydrogen-bond acceptors (Lipinski definition) is 5. The van der Waals surface area contributed by atoms with Gasteiger partial charge in [-0.05, 0) is 36.2 Å². The van der Waals surface area contributed by atoms with E-state index in [1.165, 1.54) is 5.56 Å². The number of rotatable bonds is 5. The maximum absolute atomic E-state index is 5.50. The molecule has 1 aromatic carbocycles. The van der Waals surface area contributed by atoms with Crippen molar-refractivity contribution in [1.29, 1.82) is 0 Å². The first-order valence-electron chi connectivity index (χ1n) is 7.42. The summed E-state index contributed by atoms with van der Waals surface area (Å²) < 4.78 is 10.7. The first kappa shape index (κ1) is 15.0. The van der Waals surface area contributed by atoms with E-state index < -0.39 is 0 Å². The number of benzene rings is 1. The fourth-order valence-electron chi connectivity index (χ4n) is 2.37. The summed E-state index contributed by atoms with van der Waals surface area (Å²) in [7, 11) is 1.69. The van der Waals surface area contributed by atoms with Crippen molar-refractivity contribution >= 4 is 16.9 Å². The minimum absolute atomic E-state index is 0.741. The van der Waals surface area contributed by atoms with Gasteiger partial charge in [-0.15, -0.1) is 0 Å². The number of furan rings is 1. The van der Waals surface area contributed by atoms with E-state index in [1.807, 2.05) is 36.0 Å². The molecule has 0 saturated carbocycles. The Balaban J connectivity index is 1.76. The van der Waals surface area contributed by atoms with E-state index in [-0.39, 0.29) is 0 Å². The summed E-state index contributed by atoms with van der Waals surface area (Å²) >= 11 is 1.83. The Hall–Kier alpha value is -1.88. The quantitative estimate of drug-likeness (QED) is 0.841. The lowest BCUT2D eigenvalue weighted by atomic mass is 10.2. The minimum atomic E-state index is 0.741. The zero-order chi connectivity index (χ0) is 15.2. The lowest BCUT2D eigenvalue weighted by Crippen LogP contribution is -2.29. The summed E-state index contributed by atoms with van der Waals surface area (Å²) in [5, 5.41) is 1.11. The van der Waals surface area contributed by atoms with Crippen LogP contribution in [0.5, 0.6) is 5.75 Å². The molecule has 2 aromatic rings. The average molecular weight is 316 g/mol. The Labute approximate surface area is 135 Å². The Kier molecular flexibility index (Phi) is 5.06. The first-order chi connectivity index (χ1) is 10.8. The van der Waals surface area contributed by atoms with E-state index in [9.17, 15) is 0 Å². The molecule has 0 bridgehead atoms. The summed E-state index contributed by atoms with van der Waals surface area (Å²) in [6, 6.07) is 12.1. The van der Waals surface area contributed by atoms with E-state index >= 15 is 0 Å². The number of nitrogens with zero attached hydrogens (tertiary/aromatic N) is 2. The molecule has 2 heterocycles. The van der Waals surface area contributed by atoms with Crippen molar-refractivity contribution in [2.24, 2.45) is 4.99 Å². The Morgan fingerprint density at radius 2 is 2.09 bits per heavy atom. The third-order valence-electron chi connectivity index (χ3n) is 3.51. The lowest BCUT2D eigenvalue weighted by molar-refractivity contribution is 0.360. The Morgan fingerprint density at radius 1 is 1.23 bits per heavy atom. The maximum Gasteiger partial charge on any atom is 0.159 e. The monoisotopic (exact) mass is 316 g/mol. The molecule has 3 rings (SSSR count). The maximum atomic E-state index is 5.50. The molecule has 4 nitrogen and oxygen atoms in total.